The molecule has 0 saturated carbocycles. The van der Waals surface area contributed by atoms with Crippen molar-refractivity contribution in [1.29, 1.82) is 0 Å². The van der Waals surface area contributed by atoms with Gasteiger partial charge in [0.2, 0.25) is 10.0 Å². The molecule has 0 heterocycles. The van der Waals surface area contributed by atoms with Gasteiger partial charge in [0.15, 0.2) is 0 Å². The maximum absolute atomic E-state index is 11.9. The molecule has 90 valence electrons. The van der Waals surface area contributed by atoms with E-state index in [4.69, 9.17) is 0 Å². The minimum absolute atomic E-state index is 0.0488. The van der Waals surface area contributed by atoms with E-state index in [1.807, 2.05) is 0 Å². The van der Waals surface area contributed by atoms with Gasteiger partial charge in [0.25, 0.3) is 0 Å². The van der Waals surface area contributed by atoms with E-state index < -0.39 is 16.1 Å². The van der Waals surface area contributed by atoms with Crippen LogP contribution in [0.5, 0.6) is 0 Å². The first-order valence-corrected chi connectivity index (χ1v) is 6.69. The molecule has 0 aliphatic heterocycles. The maximum atomic E-state index is 11.9. The van der Waals surface area contributed by atoms with Crippen molar-refractivity contribution in [2.75, 3.05) is 6.54 Å². The van der Waals surface area contributed by atoms with Gasteiger partial charge in [0, 0.05) is 6.54 Å². The molecule has 0 aromatic heterocycles. The number of aliphatic hydroxyl groups is 1. The Bertz CT molecular complexity index is 442. The van der Waals surface area contributed by atoms with Gasteiger partial charge in [-0.15, -0.1) is 0 Å². The largest absolute Gasteiger partial charge is 0.392 e. The predicted octanol–water partition coefficient (Wildman–Crippen LogP) is 1.04. The molecular weight excluding hydrogens is 226 g/mol. The van der Waals surface area contributed by atoms with Crippen molar-refractivity contribution in [3.05, 3.63) is 29.8 Å². The lowest BCUT2D eigenvalue weighted by molar-refractivity contribution is 0.174. The lowest BCUT2D eigenvalue weighted by Gasteiger charge is -2.11. The SMILES string of the molecule is CCC(O)CNS(=O)(=O)c1ccccc1C. The molecule has 0 saturated heterocycles. The average molecular weight is 243 g/mol. The van der Waals surface area contributed by atoms with E-state index in [0.29, 0.717) is 12.0 Å². The first-order chi connectivity index (χ1) is 7.47. The molecule has 1 aromatic carbocycles. The van der Waals surface area contributed by atoms with Gasteiger partial charge in [-0.2, -0.15) is 0 Å². The molecule has 1 aromatic rings. The van der Waals surface area contributed by atoms with Gasteiger partial charge in [-0.25, -0.2) is 13.1 Å². The zero-order chi connectivity index (χ0) is 12.2. The van der Waals surface area contributed by atoms with Crippen LogP contribution in [0, 0.1) is 6.92 Å². The number of nitrogens with one attached hydrogen (secondary N) is 1. The molecule has 1 rings (SSSR count). The smallest absolute Gasteiger partial charge is 0.240 e. The highest BCUT2D eigenvalue weighted by molar-refractivity contribution is 7.89. The Labute approximate surface area is 96.4 Å². The van der Waals surface area contributed by atoms with Crippen LogP contribution in [-0.2, 0) is 10.0 Å². The molecule has 2 N–H and O–H groups in total. The minimum Gasteiger partial charge on any atom is -0.392 e. The summed E-state index contributed by atoms with van der Waals surface area (Å²) in [4.78, 5) is 0.262. The van der Waals surface area contributed by atoms with Crippen LogP contribution in [-0.4, -0.2) is 26.2 Å². The molecule has 16 heavy (non-hydrogen) atoms. The molecule has 1 atom stereocenters. The zero-order valence-electron chi connectivity index (χ0n) is 9.47. The lowest BCUT2D eigenvalue weighted by Crippen LogP contribution is -2.32. The van der Waals surface area contributed by atoms with Gasteiger partial charge in [0.05, 0.1) is 11.0 Å². The number of hydrogen-bond acceptors (Lipinski definition) is 3. The van der Waals surface area contributed by atoms with Crippen LogP contribution in [0.4, 0.5) is 0 Å². The summed E-state index contributed by atoms with van der Waals surface area (Å²) in [7, 11) is -3.51. The zero-order valence-corrected chi connectivity index (χ0v) is 10.3. The third-order valence-corrected chi connectivity index (χ3v) is 3.95. The summed E-state index contributed by atoms with van der Waals surface area (Å²) >= 11 is 0. The lowest BCUT2D eigenvalue weighted by atomic mass is 10.2. The van der Waals surface area contributed by atoms with Crippen LogP contribution in [0.3, 0.4) is 0 Å². The first-order valence-electron chi connectivity index (χ1n) is 5.20. The van der Waals surface area contributed by atoms with Crippen molar-refractivity contribution in [3.63, 3.8) is 0 Å². The summed E-state index contributed by atoms with van der Waals surface area (Å²) in [6.07, 6.45) is -0.116. The van der Waals surface area contributed by atoms with E-state index in [2.05, 4.69) is 4.72 Å². The van der Waals surface area contributed by atoms with Gasteiger partial charge < -0.3 is 5.11 Å². The highest BCUT2D eigenvalue weighted by atomic mass is 32.2. The molecule has 0 amide bonds. The van der Waals surface area contributed by atoms with E-state index in [1.54, 1.807) is 38.1 Å². The second-order valence-electron chi connectivity index (χ2n) is 3.68. The Balaban J connectivity index is 2.83. The number of rotatable bonds is 5. The monoisotopic (exact) mass is 243 g/mol. The Morgan fingerprint density at radius 3 is 2.56 bits per heavy atom. The Morgan fingerprint density at radius 1 is 1.38 bits per heavy atom. The Kier molecular flexibility index (Phi) is 4.46. The van der Waals surface area contributed by atoms with Gasteiger partial charge >= 0.3 is 0 Å². The molecule has 0 aliphatic rings. The topological polar surface area (TPSA) is 66.4 Å². The predicted molar refractivity (Wildman–Crippen MR) is 62.7 cm³/mol. The highest BCUT2D eigenvalue weighted by Crippen LogP contribution is 2.13. The van der Waals surface area contributed by atoms with Gasteiger partial charge in [-0.05, 0) is 25.0 Å². The molecular formula is C11H17NO3S. The number of sulfonamides is 1. The van der Waals surface area contributed by atoms with Crippen molar-refractivity contribution in [3.8, 4) is 0 Å². The van der Waals surface area contributed by atoms with Crippen LogP contribution in [0.2, 0.25) is 0 Å². The van der Waals surface area contributed by atoms with Crippen LogP contribution in [0.15, 0.2) is 29.2 Å². The fourth-order valence-electron chi connectivity index (χ4n) is 1.29. The third kappa shape index (κ3) is 3.30. The van der Waals surface area contributed by atoms with Crippen LogP contribution in [0.1, 0.15) is 18.9 Å². The van der Waals surface area contributed by atoms with Crippen molar-refractivity contribution < 1.29 is 13.5 Å². The van der Waals surface area contributed by atoms with Gasteiger partial charge in [-0.3, -0.25) is 0 Å². The fourth-order valence-corrected chi connectivity index (χ4v) is 2.60. The quantitative estimate of drug-likeness (QED) is 0.812. The van der Waals surface area contributed by atoms with Crippen LogP contribution in [0.25, 0.3) is 0 Å². The van der Waals surface area contributed by atoms with E-state index in [0.717, 1.165) is 0 Å². The summed E-state index contributed by atoms with van der Waals surface area (Å²) < 4.78 is 26.1. The van der Waals surface area contributed by atoms with Gasteiger partial charge in [0.1, 0.15) is 0 Å². The number of hydrogen-bond donors (Lipinski definition) is 2. The maximum Gasteiger partial charge on any atom is 0.240 e. The normalized spacial score (nSPS) is 13.7. The number of benzene rings is 1. The van der Waals surface area contributed by atoms with Crippen molar-refractivity contribution in [2.24, 2.45) is 0 Å². The number of aryl methyl sites for hydroxylation is 1. The molecule has 0 bridgehead atoms. The van der Waals surface area contributed by atoms with Gasteiger partial charge in [-0.1, -0.05) is 25.1 Å². The third-order valence-electron chi connectivity index (χ3n) is 2.36. The van der Waals surface area contributed by atoms with Crippen LogP contribution >= 0.6 is 0 Å². The Morgan fingerprint density at radius 2 is 2.00 bits per heavy atom. The van der Waals surface area contributed by atoms with Crippen molar-refractivity contribution >= 4 is 10.0 Å². The minimum atomic E-state index is -3.51. The summed E-state index contributed by atoms with van der Waals surface area (Å²) in [6, 6.07) is 6.76. The summed E-state index contributed by atoms with van der Waals surface area (Å²) in [5, 5.41) is 9.31. The summed E-state index contributed by atoms with van der Waals surface area (Å²) in [5.74, 6) is 0. The van der Waals surface area contributed by atoms with E-state index >= 15 is 0 Å². The second kappa shape index (κ2) is 5.43. The molecule has 0 spiro atoms. The highest BCUT2D eigenvalue weighted by Gasteiger charge is 2.16. The molecule has 1 unspecified atom stereocenters. The molecule has 0 aliphatic carbocycles. The summed E-state index contributed by atoms with van der Waals surface area (Å²) in [6.45, 7) is 3.59. The summed E-state index contributed by atoms with van der Waals surface area (Å²) in [5.41, 5.74) is 0.695. The van der Waals surface area contributed by atoms with Crippen molar-refractivity contribution in [1.82, 2.24) is 4.72 Å². The van der Waals surface area contributed by atoms with E-state index in [-0.39, 0.29) is 11.4 Å². The standard InChI is InChI=1S/C11H17NO3S/c1-3-10(13)8-12-16(14,15)11-7-5-4-6-9(11)2/h4-7,10,12-13H,3,8H2,1-2H3. The fraction of sp³-hybridized carbons (Fsp3) is 0.455. The number of aliphatic hydroxyl groups excluding tert-OH is 1. The van der Waals surface area contributed by atoms with Crippen LogP contribution < -0.4 is 4.72 Å². The molecule has 5 heteroatoms. The average Bonchev–Trinajstić information content (AvgIpc) is 2.26. The van der Waals surface area contributed by atoms with Crippen molar-refractivity contribution in [2.45, 2.75) is 31.3 Å². The molecule has 0 radical (unpaired) electrons. The first kappa shape index (κ1) is 13.2. The molecule has 4 nitrogen and oxygen atoms in total. The van der Waals surface area contributed by atoms with E-state index in [9.17, 15) is 13.5 Å². The Hall–Kier alpha value is -0.910. The van der Waals surface area contributed by atoms with E-state index in [1.165, 1.54) is 0 Å². The second-order valence-corrected chi connectivity index (χ2v) is 5.41. The molecule has 0 fully saturated rings.